The number of hydrogen-bond donors (Lipinski definition) is 0. The van der Waals surface area contributed by atoms with Gasteiger partial charge in [-0.1, -0.05) is 58.8 Å². The van der Waals surface area contributed by atoms with Gasteiger partial charge in [-0.3, -0.25) is 4.79 Å². The maximum atomic E-state index is 13.7. The Morgan fingerprint density at radius 3 is 2.29 bits per heavy atom. The van der Waals surface area contributed by atoms with Crippen molar-refractivity contribution >= 4 is 11.5 Å². The van der Waals surface area contributed by atoms with E-state index < -0.39 is 17.8 Å². The predicted molar refractivity (Wildman–Crippen MR) is 110 cm³/mol. The molecule has 1 aliphatic carbocycles. The molecule has 1 fully saturated rings. The van der Waals surface area contributed by atoms with E-state index in [0.29, 0.717) is 12.0 Å². The molecule has 0 radical (unpaired) electrons. The first-order chi connectivity index (χ1) is 13.2. The summed E-state index contributed by atoms with van der Waals surface area (Å²) in [6.45, 7) is 8.97. The van der Waals surface area contributed by atoms with Crippen LogP contribution in [0.25, 0.3) is 0 Å². The molecule has 1 saturated carbocycles. The van der Waals surface area contributed by atoms with Crippen LogP contribution in [-0.2, 0) is 4.79 Å². The number of Topliss-reactive ketones (excluding diaryl/α,β-unsaturated/α-hetero) is 1. The number of carbonyl (C=O) groups is 1. The van der Waals surface area contributed by atoms with E-state index in [-0.39, 0.29) is 17.4 Å². The van der Waals surface area contributed by atoms with Crippen LogP contribution < -0.4 is 0 Å². The number of hydrogen-bond acceptors (Lipinski definition) is 2. The highest BCUT2D eigenvalue weighted by atomic mass is 19.4. The lowest BCUT2D eigenvalue weighted by Gasteiger charge is -2.26. The number of ketones is 1. The summed E-state index contributed by atoms with van der Waals surface area (Å²) in [6, 6.07) is 0. The van der Waals surface area contributed by atoms with E-state index in [2.05, 4.69) is 4.99 Å². The van der Waals surface area contributed by atoms with Gasteiger partial charge in [0.25, 0.3) is 0 Å². The van der Waals surface area contributed by atoms with E-state index in [9.17, 15) is 18.0 Å². The van der Waals surface area contributed by atoms with Gasteiger partial charge in [-0.05, 0) is 50.2 Å². The first-order valence-corrected chi connectivity index (χ1v) is 10.4. The smallest absolute Gasteiger partial charge is 0.292 e. The molecule has 0 aromatic rings. The molecule has 0 aromatic carbocycles. The van der Waals surface area contributed by atoms with Gasteiger partial charge in [0.05, 0.1) is 0 Å². The molecule has 1 rings (SSSR count). The molecule has 2 nitrogen and oxygen atoms in total. The van der Waals surface area contributed by atoms with E-state index in [0.717, 1.165) is 44.1 Å². The van der Waals surface area contributed by atoms with E-state index in [4.69, 9.17) is 0 Å². The molecular weight excluding hydrogens is 363 g/mol. The van der Waals surface area contributed by atoms with E-state index >= 15 is 0 Å². The third-order valence-corrected chi connectivity index (χ3v) is 5.29. The van der Waals surface area contributed by atoms with Crippen LogP contribution in [0.4, 0.5) is 13.2 Å². The average molecular weight is 398 g/mol. The van der Waals surface area contributed by atoms with Crippen LogP contribution >= 0.6 is 0 Å². The zero-order valence-electron chi connectivity index (χ0n) is 17.8. The number of nitrogens with zero attached hydrogens (tertiary/aromatic N) is 1. The lowest BCUT2D eigenvalue weighted by atomic mass is 9.80. The van der Waals surface area contributed by atoms with E-state index in [1.165, 1.54) is 6.92 Å². The number of allylic oxidation sites excluding steroid dienone is 6. The molecule has 0 bridgehead atoms. The average Bonchev–Trinajstić information content (AvgIpc) is 2.58. The number of rotatable bonds is 10. The van der Waals surface area contributed by atoms with Gasteiger partial charge in [-0.15, -0.1) is 0 Å². The van der Waals surface area contributed by atoms with Crippen LogP contribution in [0.15, 0.2) is 40.1 Å². The SMILES string of the molecule is CC\C=C/C(=C\CCC)C(/C)=C(/N=C(\C(C)CC)C(F)(F)F)C(=O)C1CCC1. The summed E-state index contributed by atoms with van der Waals surface area (Å²) < 4.78 is 41.0. The molecule has 1 aliphatic rings. The zero-order valence-corrected chi connectivity index (χ0v) is 17.8. The quantitative estimate of drug-likeness (QED) is 0.215. The van der Waals surface area contributed by atoms with Crippen LogP contribution in [0.5, 0.6) is 0 Å². The molecule has 0 heterocycles. The summed E-state index contributed by atoms with van der Waals surface area (Å²) in [4.78, 5) is 17.0. The minimum Gasteiger partial charge on any atom is -0.292 e. The van der Waals surface area contributed by atoms with Crippen LogP contribution in [0.3, 0.4) is 0 Å². The van der Waals surface area contributed by atoms with Crippen molar-refractivity contribution in [1.82, 2.24) is 0 Å². The second kappa shape index (κ2) is 11.4. The van der Waals surface area contributed by atoms with Crippen LogP contribution in [0.1, 0.15) is 79.6 Å². The third kappa shape index (κ3) is 6.75. The lowest BCUT2D eigenvalue weighted by molar-refractivity contribution is -0.121. The van der Waals surface area contributed by atoms with Gasteiger partial charge in [0.2, 0.25) is 0 Å². The topological polar surface area (TPSA) is 29.4 Å². The highest BCUT2D eigenvalue weighted by Crippen LogP contribution is 2.34. The maximum Gasteiger partial charge on any atom is 0.429 e. The minimum absolute atomic E-state index is 0.0135. The molecule has 1 atom stereocenters. The van der Waals surface area contributed by atoms with Gasteiger partial charge in [0, 0.05) is 11.8 Å². The van der Waals surface area contributed by atoms with E-state index in [1.807, 2.05) is 32.1 Å². The summed E-state index contributed by atoms with van der Waals surface area (Å²) in [5.74, 6) is -1.21. The van der Waals surface area contributed by atoms with Crippen LogP contribution in [-0.4, -0.2) is 17.7 Å². The predicted octanol–water partition coefficient (Wildman–Crippen LogP) is 7.37. The van der Waals surface area contributed by atoms with Crippen LogP contribution in [0.2, 0.25) is 0 Å². The van der Waals surface area contributed by atoms with Gasteiger partial charge >= 0.3 is 6.18 Å². The maximum absolute atomic E-state index is 13.7. The van der Waals surface area contributed by atoms with Gasteiger partial charge in [-0.25, -0.2) is 4.99 Å². The Bertz CT molecular complexity index is 649. The molecule has 158 valence electrons. The molecule has 0 aromatic heterocycles. The van der Waals surface area contributed by atoms with Crippen molar-refractivity contribution in [3.63, 3.8) is 0 Å². The van der Waals surface area contributed by atoms with Crippen molar-refractivity contribution in [2.45, 2.75) is 85.7 Å². The van der Waals surface area contributed by atoms with Gasteiger partial charge in [-0.2, -0.15) is 13.2 Å². The number of alkyl halides is 3. The largest absolute Gasteiger partial charge is 0.429 e. The summed E-state index contributed by atoms with van der Waals surface area (Å²) in [6.07, 6.45) is 6.55. The van der Waals surface area contributed by atoms with Crippen molar-refractivity contribution < 1.29 is 18.0 Å². The third-order valence-electron chi connectivity index (χ3n) is 5.29. The molecule has 28 heavy (non-hydrogen) atoms. The molecule has 1 unspecified atom stereocenters. The Hall–Kier alpha value is -1.65. The number of unbranched alkanes of at least 4 members (excludes halogenated alkanes) is 1. The molecule has 0 amide bonds. The number of halogens is 3. The second-order valence-electron chi connectivity index (χ2n) is 7.53. The summed E-state index contributed by atoms with van der Waals surface area (Å²) >= 11 is 0. The fourth-order valence-corrected chi connectivity index (χ4v) is 2.98. The Morgan fingerprint density at radius 1 is 1.21 bits per heavy atom. The monoisotopic (exact) mass is 397 g/mol. The number of aliphatic imine (C=N–C) groups is 1. The molecular formula is C23H34F3NO. The fraction of sp³-hybridized carbons (Fsp3) is 0.652. The Kier molecular flexibility index (Phi) is 9.91. The first kappa shape index (κ1) is 24.4. The zero-order chi connectivity index (χ0) is 21.3. The number of carbonyl (C=O) groups excluding carboxylic acids is 1. The molecule has 0 N–H and O–H groups in total. The van der Waals surface area contributed by atoms with E-state index in [1.54, 1.807) is 13.8 Å². The normalized spacial score (nSPS) is 18.9. The summed E-state index contributed by atoms with van der Waals surface area (Å²) in [5.41, 5.74) is 0.465. The summed E-state index contributed by atoms with van der Waals surface area (Å²) in [7, 11) is 0. The van der Waals surface area contributed by atoms with Crippen LogP contribution in [0, 0.1) is 11.8 Å². The lowest BCUT2D eigenvalue weighted by Crippen LogP contribution is -2.31. The first-order valence-electron chi connectivity index (χ1n) is 10.4. The fourth-order valence-electron chi connectivity index (χ4n) is 2.98. The van der Waals surface area contributed by atoms with Gasteiger partial charge < -0.3 is 0 Å². The molecule has 0 spiro atoms. The van der Waals surface area contributed by atoms with Crippen molar-refractivity contribution in [1.29, 1.82) is 0 Å². The Balaban J connectivity index is 3.59. The van der Waals surface area contributed by atoms with Gasteiger partial charge in [0.15, 0.2) is 5.78 Å². The highest BCUT2D eigenvalue weighted by molar-refractivity contribution is 6.03. The van der Waals surface area contributed by atoms with Crippen molar-refractivity contribution in [2.24, 2.45) is 16.8 Å². The Morgan fingerprint density at radius 2 is 1.86 bits per heavy atom. The molecule has 5 heteroatoms. The summed E-state index contributed by atoms with van der Waals surface area (Å²) in [5, 5.41) is 0. The minimum atomic E-state index is -4.55. The van der Waals surface area contributed by atoms with Crippen molar-refractivity contribution in [3.05, 3.63) is 35.1 Å². The highest BCUT2D eigenvalue weighted by Gasteiger charge is 2.40. The second-order valence-corrected chi connectivity index (χ2v) is 7.53. The molecule has 0 saturated heterocycles. The molecule has 0 aliphatic heterocycles. The Labute approximate surface area is 167 Å². The van der Waals surface area contributed by atoms with Gasteiger partial charge in [0.1, 0.15) is 11.4 Å². The van der Waals surface area contributed by atoms with Crippen molar-refractivity contribution in [2.75, 3.05) is 0 Å². The standard InChI is InChI=1S/C23H34F3NO/c1-6-9-12-18(13-10-7-2)17(5)20(21(28)19-14-11-15-19)27-22(16(4)8-3)23(24,25)26/h9,12-13,16,19H,6-8,10-11,14-15H2,1-5H3/b12-9-,18-13+,20-17+,27-22+. The van der Waals surface area contributed by atoms with Crippen molar-refractivity contribution in [3.8, 4) is 0 Å².